The van der Waals surface area contributed by atoms with Gasteiger partial charge in [0, 0.05) is 11.5 Å². The fraction of sp³-hybridized carbons (Fsp3) is 0.154. The summed E-state index contributed by atoms with van der Waals surface area (Å²) in [5, 5.41) is 1.16. The predicted octanol–water partition coefficient (Wildman–Crippen LogP) is 0.802. The molecular weight excluding hydrogens is 262 g/mol. The van der Waals surface area contributed by atoms with Gasteiger partial charge in [-0.15, -0.1) is 0 Å². The summed E-state index contributed by atoms with van der Waals surface area (Å²) in [6.07, 6.45) is 0. The van der Waals surface area contributed by atoms with E-state index in [2.05, 4.69) is 15.0 Å². The smallest absolute Gasteiger partial charge is 0.327 e. The van der Waals surface area contributed by atoms with Crippen molar-refractivity contribution in [2.75, 3.05) is 6.79 Å². The number of fused-ring (bicyclic) bond motifs is 3. The van der Waals surface area contributed by atoms with Crippen LogP contribution in [0.15, 0.2) is 21.7 Å². The molecule has 0 atom stereocenters. The molecule has 0 aliphatic carbocycles. The average molecular weight is 271 g/mol. The minimum Gasteiger partial charge on any atom is -0.454 e. The van der Waals surface area contributed by atoms with Crippen molar-refractivity contribution in [3.05, 3.63) is 38.5 Å². The number of pyridine rings is 1. The third-order valence-corrected chi connectivity index (χ3v) is 3.43. The van der Waals surface area contributed by atoms with E-state index in [0.29, 0.717) is 22.4 Å². The number of benzene rings is 1. The molecule has 7 nitrogen and oxygen atoms in total. The molecule has 3 aromatic rings. The lowest BCUT2D eigenvalue weighted by Crippen LogP contribution is -2.23. The highest BCUT2D eigenvalue weighted by Crippen LogP contribution is 2.37. The Hall–Kier alpha value is -2.83. The summed E-state index contributed by atoms with van der Waals surface area (Å²) in [5.41, 5.74) is 0.617. The Morgan fingerprint density at radius 3 is 2.70 bits per heavy atom. The highest BCUT2D eigenvalue weighted by Gasteiger charge is 2.18. The number of aromatic nitrogens is 3. The van der Waals surface area contributed by atoms with Gasteiger partial charge in [0.2, 0.25) is 6.79 Å². The van der Waals surface area contributed by atoms with E-state index >= 15 is 0 Å². The molecule has 3 heterocycles. The van der Waals surface area contributed by atoms with Crippen LogP contribution < -0.4 is 20.7 Å². The van der Waals surface area contributed by atoms with Gasteiger partial charge in [-0.3, -0.25) is 14.8 Å². The zero-order chi connectivity index (χ0) is 13.9. The van der Waals surface area contributed by atoms with Crippen LogP contribution in [0.3, 0.4) is 0 Å². The second-order valence-electron chi connectivity index (χ2n) is 4.59. The Bertz CT molecular complexity index is 987. The number of nitrogens with zero attached hydrogens (tertiary/aromatic N) is 1. The average Bonchev–Trinajstić information content (AvgIpc) is 2.83. The summed E-state index contributed by atoms with van der Waals surface area (Å²) in [6, 6.07) is 3.54. The molecule has 2 N–H and O–H groups in total. The van der Waals surface area contributed by atoms with Gasteiger partial charge in [0.15, 0.2) is 11.5 Å². The third-order valence-electron chi connectivity index (χ3n) is 3.43. The fourth-order valence-electron chi connectivity index (χ4n) is 2.49. The molecule has 4 rings (SSSR count). The minimum absolute atomic E-state index is 0.168. The fourth-order valence-corrected chi connectivity index (χ4v) is 2.49. The largest absolute Gasteiger partial charge is 0.454 e. The van der Waals surface area contributed by atoms with Crippen LogP contribution in [0.4, 0.5) is 0 Å². The SMILES string of the molecule is Cc1c2cc3c(cc2nc2[nH]c(=O)[nH]c(=O)c12)OCO3. The summed E-state index contributed by atoms with van der Waals surface area (Å²) in [4.78, 5) is 32.3. The topological polar surface area (TPSA) is 97.1 Å². The molecule has 1 aliphatic rings. The highest BCUT2D eigenvalue weighted by molar-refractivity contribution is 5.96. The third kappa shape index (κ3) is 1.37. The van der Waals surface area contributed by atoms with Gasteiger partial charge in [0.1, 0.15) is 5.65 Å². The standard InChI is InChI=1S/C13H9N3O4/c1-5-6-2-8-9(20-4-19-8)3-7(6)14-11-10(5)12(17)16-13(18)15-11/h2-3H,4H2,1H3,(H2,14,15,16,17,18). The molecule has 7 heteroatoms. The van der Waals surface area contributed by atoms with Gasteiger partial charge in [-0.25, -0.2) is 9.78 Å². The molecule has 1 aliphatic heterocycles. The number of rotatable bonds is 0. The van der Waals surface area contributed by atoms with Crippen molar-refractivity contribution < 1.29 is 9.47 Å². The summed E-state index contributed by atoms with van der Waals surface area (Å²) in [7, 11) is 0. The van der Waals surface area contributed by atoms with Gasteiger partial charge in [-0.1, -0.05) is 0 Å². The van der Waals surface area contributed by atoms with Crippen molar-refractivity contribution in [3.63, 3.8) is 0 Å². The second kappa shape index (κ2) is 3.60. The van der Waals surface area contributed by atoms with E-state index in [1.807, 2.05) is 6.92 Å². The Labute approximate surface area is 111 Å². The predicted molar refractivity (Wildman–Crippen MR) is 71.4 cm³/mol. The molecule has 0 saturated carbocycles. The molecule has 0 spiro atoms. The molecule has 20 heavy (non-hydrogen) atoms. The van der Waals surface area contributed by atoms with E-state index in [-0.39, 0.29) is 12.4 Å². The molecule has 0 amide bonds. The molecule has 0 bridgehead atoms. The molecule has 0 saturated heterocycles. The number of H-pyrrole nitrogens is 2. The monoisotopic (exact) mass is 271 g/mol. The van der Waals surface area contributed by atoms with Gasteiger partial charge >= 0.3 is 5.69 Å². The molecule has 2 aromatic heterocycles. The maximum absolute atomic E-state index is 11.9. The van der Waals surface area contributed by atoms with Gasteiger partial charge in [0.25, 0.3) is 5.56 Å². The Morgan fingerprint density at radius 2 is 1.90 bits per heavy atom. The lowest BCUT2D eigenvalue weighted by Gasteiger charge is -2.06. The Kier molecular flexibility index (Phi) is 1.98. The molecule has 0 fully saturated rings. The zero-order valence-corrected chi connectivity index (χ0v) is 10.4. The number of aryl methyl sites for hydroxylation is 1. The van der Waals surface area contributed by atoms with Crippen molar-refractivity contribution in [2.45, 2.75) is 6.92 Å². The first-order chi connectivity index (χ1) is 9.63. The number of nitrogens with one attached hydrogen (secondary N) is 2. The van der Waals surface area contributed by atoms with Crippen molar-refractivity contribution in [1.29, 1.82) is 0 Å². The van der Waals surface area contributed by atoms with Gasteiger partial charge < -0.3 is 9.47 Å². The normalized spacial score (nSPS) is 13.2. The maximum atomic E-state index is 11.9. The summed E-state index contributed by atoms with van der Waals surface area (Å²) >= 11 is 0. The number of hydrogen-bond acceptors (Lipinski definition) is 5. The van der Waals surface area contributed by atoms with Crippen LogP contribution in [-0.4, -0.2) is 21.7 Å². The summed E-state index contributed by atoms with van der Waals surface area (Å²) in [5.74, 6) is 1.23. The van der Waals surface area contributed by atoms with Gasteiger partial charge in [0.05, 0.1) is 10.9 Å². The minimum atomic E-state index is -0.575. The van der Waals surface area contributed by atoms with Crippen LogP contribution in [0.2, 0.25) is 0 Å². The zero-order valence-electron chi connectivity index (χ0n) is 10.4. The van der Waals surface area contributed by atoms with Crippen molar-refractivity contribution in [3.8, 4) is 11.5 Å². The summed E-state index contributed by atoms with van der Waals surface area (Å²) < 4.78 is 10.6. The first kappa shape index (κ1) is 11.0. The van der Waals surface area contributed by atoms with Crippen LogP contribution >= 0.6 is 0 Å². The van der Waals surface area contributed by atoms with Crippen molar-refractivity contribution >= 4 is 21.9 Å². The quantitative estimate of drug-likeness (QED) is 0.589. The second-order valence-corrected chi connectivity index (χ2v) is 4.59. The van der Waals surface area contributed by atoms with E-state index in [1.54, 1.807) is 12.1 Å². The van der Waals surface area contributed by atoms with Crippen LogP contribution in [0, 0.1) is 6.92 Å². The van der Waals surface area contributed by atoms with Crippen LogP contribution in [-0.2, 0) is 0 Å². The molecule has 0 unspecified atom stereocenters. The summed E-state index contributed by atoms with van der Waals surface area (Å²) in [6.45, 7) is 1.98. The van der Waals surface area contributed by atoms with Crippen molar-refractivity contribution in [1.82, 2.24) is 15.0 Å². The lowest BCUT2D eigenvalue weighted by atomic mass is 10.1. The number of aromatic amines is 2. The number of hydrogen-bond donors (Lipinski definition) is 2. The first-order valence-corrected chi connectivity index (χ1v) is 6.00. The number of ether oxygens (including phenoxy) is 2. The molecule has 0 radical (unpaired) electrons. The van der Waals surface area contributed by atoms with Crippen LogP contribution in [0.1, 0.15) is 5.56 Å². The van der Waals surface area contributed by atoms with E-state index in [4.69, 9.17) is 9.47 Å². The maximum Gasteiger partial charge on any atom is 0.327 e. The van der Waals surface area contributed by atoms with E-state index in [9.17, 15) is 9.59 Å². The Balaban J connectivity index is 2.24. The molecule has 1 aromatic carbocycles. The van der Waals surface area contributed by atoms with Crippen LogP contribution in [0.25, 0.3) is 21.9 Å². The van der Waals surface area contributed by atoms with E-state index in [0.717, 1.165) is 10.9 Å². The van der Waals surface area contributed by atoms with E-state index in [1.165, 1.54) is 0 Å². The highest BCUT2D eigenvalue weighted by atomic mass is 16.7. The van der Waals surface area contributed by atoms with E-state index < -0.39 is 11.2 Å². The lowest BCUT2D eigenvalue weighted by molar-refractivity contribution is 0.174. The van der Waals surface area contributed by atoms with Gasteiger partial charge in [-0.2, -0.15) is 0 Å². The van der Waals surface area contributed by atoms with Crippen molar-refractivity contribution in [2.24, 2.45) is 0 Å². The van der Waals surface area contributed by atoms with Crippen LogP contribution in [0.5, 0.6) is 11.5 Å². The Morgan fingerprint density at radius 1 is 1.15 bits per heavy atom. The molecule has 100 valence electrons. The molecular formula is C13H9N3O4. The van der Waals surface area contributed by atoms with Gasteiger partial charge in [-0.05, 0) is 18.6 Å². The first-order valence-electron chi connectivity index (χ1n) is 6.00.